The summed E-state index contributed by atoms with van der Waals surface area (Å²) >= 11 is 0. The largest absolute Gasteiger partial charge is 0.383 e. The maximum atomic E-state index is 12.6. The van der Waals surface area contributed by atoms with Crippen molar-refractivity contribution in [1.29, 1.82) is 0 Å². The molecule has 1 heterocycles. The number of nitrogens with zero attached hydrogens (tertiary/aromatic N) is 2. The Balaban J connectivity index is 2.57. The highest BCUT2D eigenvalue weighted by atomic mass is 16.5. The van der Waals surface area contributed by atoms with Gasteiger partial charge in [-0.2, -0.15) is 0 Å². The maximum Gasteiger partial charge on any atom is 0.332 e. The molecule has 0 saturated heterocycles. The number of aromatic nitrogens is 2. The second-order valence-corrected chi connectivity index (χ2v) is 5.18. The van der Waals surface area contributed by atoms with Crippen molar-refractivity contribution in [3.63, 3.8) is 0 Å². The van der Waals surface area contributed by atoms with Crippen LogP contribution in [-0.4, -0.2) is 35.3 Å². The number of methoxy groups -OCH3 is 1. The zero-order valence-corrected chi connectivity index (χ0v) is 13.5. The molecular weight excluding hydrogens is 298 g/mol. The summed E-state index contributed by atoms with van der Waals surface area (Å²) in [5, 5.41) is 3.14. The Morgan fingerprint density at radius 2 is 2.00 bits per heavy atom. The zero-order valence-electron chi connectivity index (χ0n) is 13.5. The Labute approximate surface area is 133 Å². The number of carbonyl (C=O) groups excluding carboxylic acids is 1. The van der Waals surface area contributed by atoms with Gasteiger partial charge in [-0.25, -0.2) is 4.79 Å². The van der Waals surface area contributed by atoms with E-state index in [1.165, 1.54) is 4.57 Å². The van der Waals surface area contributed by atoms with E-state index in [0.29, 0.717) is 24.1 Å². The molecule has 0 bridgehead atoms. The van der Waals surface area contributed by atoms with Gasteiger partial charge in [-0.3, -0.25) is 18.7 Å². The van der Waals surface area contributed by atoms with Gasteiger partial charge in [0, 0.05) is 20.2 Å². The van der Waals surface area contributed by atoms with E-state index in [1.807, 2.05) is 0 Å². The lowest BCUT2D eigenvalue weighted by molar-refractivity contribution is -0.124. The van der Waals surface area contributed by atoms with Gasteiger partial charge in [0.2, 0.25) is 5.91 Å². The first-order chi connectivity index (χ1) is 11.0. The third-order valence-corrected chi connectivity index (χ3v) is 3.76. The molecular formula is C16H21N3O4. The lowest BCUT2D eigenvalue weighted by Crippen LogP contribution is -2.44. The fourth-order valence-electron chi connectivity index (χ4n) is 2.52. The lowest BCUT2D eigenvalue weighted by atomic mass is 10.2. The minimum absolute atomic E-state index is 0.251. The van der Waals surface area contributed by atoms with Crippen LogP contribution >= 0.6 is 0 Å². The number of nitrogens with one attached hydrogen (secondary N) is 1. The van der Waals surface area contributed by atoms with Crippen LogP contribution in [0.15, 0.2) is 33.9 Å². The second-order valence-electron chi connectivity index (χ2n) is 5.18. The van der Waals surface area contributed by atoms with E-state index in [4.69, 9.17) is 4.74 Å². The van der Waals surface area contributed by atoms with Gasteiger partial charge in [-0.05, 0) is 26.0 Å². The van der Waals surface area contributed by atoms with Crippen molar-refractivity contribution in [3.05, 3.63) is 45.1 Å². The van der Waals surface area contributed by atoms with Gasteiger partial charge < -0.3 is 10.1 Å². The van der Waals surface area contributed by atoms with E-state index in [1.54, 1.807) is 45.2 Å². The summed E-state index contributed by atoms with van der Waals surface area (Å²) in [4.78, 5) is 37.3. The Morgan fingerprint density at radius 1 is 1.30 bits per heavy atom. The number of carbonyl (C=O) groups is 1. The standard InChI is InChI=1S/C16H21N3O4/c1-4-18-15(21)12-7-5-6-8-13(12)19(16(18)22)11(2)14(20)17-9-10-23-3/h5-8,11H,4,9-10H2,1-3H3,(H,17,20)/t11-/m1/s1. The molecule has 0 fully saturated rings. The third kappa shape index (κ3) is 3.19. The fraction of sp³-hybridized carbons (Fsp3) is 0.438. The molecule has 0 saturated carbocycles. The molecule has 7 heteroatoms. The molecule has 2 aromatic rings. The number of fused-ring (bicyclic) bond motifs is 1. The van der Waals surface area contributed by atoms with E-state index < -0.39 is 11.7 Å². The van der Waals surface area contributed by atoms with Gasteiger partial charge in [-0.15, -0.1) is 0 Å². The average molecular weight is 319 g/mol. The molecule has 1 amide bonds. The van der Waals surface area contributed by atoms with Crippen molar-refractivity contribution in [2.75, 3.05) is 20.3 Å². The molecule has 124 valence electrons. The molecule has 0 unspecified atom stereocenters. The van der Waals surface area contributed by atoms with Crippen LogP contribution in [0.5, 0.6) is 0 Å². The van der Waals surface area contributed by atoms with E-state index in [9.17, 15) is 14.4 Å². The summed E-state index contributed by atoms with van der Waals surface area (Å²) in [6, 6.07) is 6.08. The van der Waals surface area contributed by atoms with Crippen molar-refractivity contribution in [3.8, 4) is 0 Å². The SMILES string of the molecule is CCn1c(=O)c2ccccc2n([C@H](C)C(=O)NCCOC)c1=O. The molecule has 1 aromatic heterocycles. The quantitative estimate of drug-likeness (QED) is 0.786. The van der Waals surface area contributed by atoms with Gasteiger partial charge >= 0.3 is 5.69 Å². The van der Waals surface area contributed by atoms with Gasteiger partial charge in [-0.1, -0.05) is 12.1 Å². The van der Waals surface area contributed by atoms with E-state index in [2.05, 4.69) is 5.32 Å². The number of amides is 1. The van der Waals surface area contributed by atoms with Gasteiger partial charge in [0.15, 0.2) is 0 Å². The first-order valence-corrected chi connectivity index (χ1v) is 7.53. The van der Waals surface area contributed by atoms with Crippen LogP contribution in [0.1, 0.15) is 19.9 Å². The minimum Gasteiger partial charge on any atom is -0.383 e. The number of hydrogen-bond acceptors (Lipinski definition) is 4. The van der Waals surface area contributed by atoms with Crippen LogP contribution in [0.4, 0.5) is 0 Å². The minimum atomic E-state index is -0.734. The van der Waals surface area contributed by atoms with Crippen LogP contribution in [0, 0.1) is 0 Å². The molecule has 1 N–H and O–H groups in total. The van der Waals surface area contributed by atoms with Gasteiger partial charge in [0.05, 0.1) is 17.5 Å². The Morgan fingerprint density at radius 3 is 2.65 bits per heavy atom. The number of benzene rings is 1. The molecule has 1 atom stereocenters. The first kappa shape index (κ1) is 17.0. The Bertz CT molecular complexity index is 822. The smallest absolute Gasteiger partial charge is 0.332 e. The topological polar surface area (TPSA) is 82.3 Å². The summed E-state index contributed by atoms with van der Waals surface area (Å²) < 4.78 is 7.40. The Kier molecular flexibility index (Phi) is 5.33. The lowest BCUT2D eigenvalue weighted by Gasteiger charge is -2.19. The summed E-state index contributed by atoms with van der Waals surface area (Å²) in [6.07, 6.45) is 0. The van der Waals surface area contributed by atoms with Gasteiger partial charge in [0.25, 0.3) is 5.56 Å². The van der Waals surface area contributed by atoms with Crippen LogP contribution in [0.25, 0.3) is 10.9 Å². The number of rotatable bonds is 6. The monoisotopic (exact) mass is 319 g/mol. The third-order valence-electron chi connectivity index (χ3n) is 3.76. The normalized spacial score (nSPS) is 12.3. The molecule has 0 aliphatic rings. The maximum absolute atomic E-state index is 12.6. The van der Waals surface area contributed by atoms with E-state index in [0.717, 1.165) is 4.57 Å². The molecule has 0 aliphatic carbocycles. The highest BCUT2D eigenvalue weighted by Gasteiger charge is 2.21. The van der Waals surface area contributed by atoms with Gasteiger partial charge in [0.1, 0.15) is 6.04 Å². The first-order valence-electron chi connectivity index (χ1n) is 7.53. The van der Waals surface area contributed by atoms with Crippen molar-refractivity contribution < 1.29 is 9.53 Å². The van der Waals surface area contributed by atoms with Crippen molar-refractivity contribution in [1.82, 2.24) is 14.5 Å². The molecule has 0 spiro atoms. The predicted octanol–water partition coefficient (Wildman–Crippen LogP) is 0.507. The average Bonchev–Trinajstić information content (AvgIpc) is 2.55. The van der Waals surface area contributed by atoms with Crippen LogP contribution in [0.2, 0.25) is 0 Å². The van der Waals surface area contributed by atoms with Crippen LogP contribution < -0.4 is 16.6 Å². The Hall–Kier alpha value is -2.41. The summed E-state index contributed by atoms with van der Waals surface area (Å²) in [7, 11) is 1.55. The van der Waals surface area contributed by atoms with Crippen molar-refractivity contribution in [2.24, 2.45) is 0 Å². The molecule has 7 nitrogen and oxygen atoms in total. The van der Waals surface area contributed by atoms with E-state index in [-0.39, 0.29) is 18.0 Å². The van der Waals surface area contributed by atoms with Crippen molar-refractivity contribution in [2.45, 2.75) is 26.4 Å². The highest BCUT2D eigenvalue weighted by Crippen LogP contribution is 2.13. The molecule has 1 aromatic carbocycles. The van der Waals surface area contributed by atoms with Crippen LogP contribution in [-0.2, 0) is 16.1 Å². The molecule has 0 aliphatic heterocycles. The fourth-order valence-corrected chi connectivity index (χ4v) is 2.52. The molecule has 23 heavy (non-hydrogen) atoms. The van der Waals surface area contributed by atoms with Crippen molar-refractivity contribution >= 4 is 16.8 Å². The zero-order chi connectivity index (χ0) is 17.0. The predicted molar refractivity (Wildman–Crippen MR) is 87.7 cm³/mol. The van der Waals surface area contributed by atoms with Crippen LogP contribution in [0.3, 0.4) is 0 Å². The highest BCUT2D eigenvalue weighted by molar-refractivity contribution is 5.84. The number of para-hydroxylation sites is 1. The summed E-state index contributed by atoms with van der Waals surface area (Å²) in [5.74, 6) is -0.296. The summed E-state index contributed by atoms with van der Waals surface area (Å²) in [5.41, 5.74) is -0.358. The number of ether oxygens (including phenoxy) is 1. The van der Waals surface area contributed by atoms with E-state index >= 15 is 0 Å². The second kappa shape index (κ2) is 7.23. The number of hydrogen-bond donors (Lipinski definition) is 1. The summed E-state index contributed by atoms with van der Waals surface area (Å²) in [6.45, 7) is 4.37. The molecule has 2 rings (SSSR count). The molecule has 0 radical (unpaired) electrons.